The molecule has 1 aliphatic carbocycles. The number of ether oxygens (including phenoxy) is 1. The van der Waals surface area contributed by atoms with Crippen LogP contribution in [0.2, 0.25) is 0 Å². The number of aliphatic hydroxyl groups is 4. The average molecular weight is 313 g/mol. The second-order valence-electron chi connectivity index (χ2n) is 5.12. The van der Waals surface area contributed by atoms with Crippen LogP contribution in [0.4, 0.5) is 0 Å². The lowest BCUT2D eigenvalue weighted by Crippen LogP contribution is -2.63. The van der Waals surface area contributed by atoms with E-state index in [1.165, 1.54) is 0 Å². The SMILES string of the molecule is O=S(=O)(NC1CCC1)OC[C@@]1(O)OC[C@@H](O)[C@@H](O)[C@@H]1O. The first-order valence-corrected chi connectivity index (χ1v) is 7.71. The van der Waals surface area contributed by atoms with Crippen molar-refractivity contribution in [1.82, 2.24) is 4.72 Å². The molecule has 118 valence electrons. The van der Waals surface area contributed by atoms with Gasteiger partial charge in [-0.25, -0.2) is 0 Å². The minimum Gasteiger partial charge on any atom is -0.388 e. The molecule has 2 rings (SSSR count). The van der Waals surface area contributed by atoms with E-state index >= 15 is 0 Å². The summed E-state index contributed by atoms with van der Waals surface area (Å²) in [6, 6.07) is -0.181. The minimum atomic E-state index is -4.08. The summed E-state index contributed by atoms with van der Waals surface area (Å²) < 4.78 is 34.8. The van der Waals surface area contributed by atoms with Gasteiger partial charge in [-0.1, -0.05) is 6.42 Å². The molecule has 2 fully saturated rings. The van der Waals surface area contributed by atoms with Crippen molar-refractivity contribution in [2.75, 3.05) is 13.2 Å². The first-order valence-electron chi connectivity index (χ1n) is 6.31. The summed E-state index contributed by atoms with van der Waals surface area (Å²) in [5.41, 5.74) is 0. The van der Waals surface area contributed by atoms with Crippen molar-refractivity contribution >= 4 is 10.3 Å². The van der Waals surface area contributed by atoms with Crippen molar-refractivity contribution in [1.29, 1.82) is 0 Å². The van der Waals surface area contributed by atoms with Gasteiger partial charge in [-0.05, 0) is 12.8 Å². The molecule has 4 atom stereocenters. The van der Waals surface area contributed by atoms with Crippen molar-refractivity contribution in [2.45, 2.75) is 49.4 Å². The molecule has 9 nitrogen and oxygen atoms in total. The van der Waals surface area contributed by atoms with Crippen LogP contribution in [0.1, 0.15) is 19.3 Å². The van der Waals surface area contributed by atoms with Crippen LogP contribution in [0.3, 0.4) is 0 Å². The number of rotatable bonds is 5. The van der Waals surface area contributed by atoms with Gasteiger partial charge in [0, 0.05) is 6.04 Å². The zero-order chi connectivity index (χ0) is 15.0. The van der Waals surface area contributed by atoms with Crippen LogP contribution >= 0.6 is 0 Å². The third-order valence-corrected chi connectivity index (χ3v) is 4.57. The highest BCUT2D eigenvalue weighted by molar-refractivity contribution is 7.84. The van der Waals surface area contributed by atoms with Crippen LogP contribution in [0.5, 0.6) is 0 Å². The molecule has 1 saturated heterocycles. The molecular weight excluding hydrogens is 294 g/mol. The van der Waals surface area contributed by atoms with E-state index in [-0.39, 0.29) is 6.04 Å². The quantitative estimate of drug-likeness (QED) is 0.366. The molecule has 1 heterocycles. The van der Waals surface area contributed by atoms with E-state index in [9.17, 15) is 28.8 Å². The fourth-order valence-corrected chi connectivity index (χ4v) is 2.98. The van der Waals surface area contributed by atoms with Crippen molar-refractivity contribution in [3.63, 3.8) is 0 Å². The summed E-state index contributed by atoms with van der Waals surface area (Å²) in [5, 5.41) is 38.3. The van der Waals surface area contributed by atoms with Crippen LogP contribution in [0, 0.1) is 0 Å². The lowest BCUT2D eigenvalue weighted by Gasteiger charge is -2.41. The van der Waals surface area contributed by atoms with E-state index in [0.29, 0.717) is 0 Å². The summed E-state index contributed by atoms with van der Waals surface area (Å²) in [7, 11) is -4.08. The molecule has 20 heavy (non-hydrogen) atoms. The minimum absolute atomic E-state index is 0.181. The summed E-state index contributed by atoms with van der Waals surface area (Å²) in [6.07, 6.45) is -2.53. The summed E-state index contributed by atoms with van der Waals surface area (Å²) in [5.74, 6) is -2.40. The second kappa shape index (κ2) is 5.81. The van der Waals surface area contributed by atoms with Gasteiger partial charge in [-0.3, -0.25) is 4.18 Å². The van der Waals surface area contributed by atoms with E-state index in [0.717, 1.165) is 19.3 Å². The van der Waals surface area contributed by atoms with Crippen LogP contribution in [0.25, 0.3) is 0 Å². The number of hydrogen-bond donors (Lipinski definition) is 5. The Hall–Kier alpha value is -0.330. The molecule has 5 N–H and O–H groups in total. The Morgan fingerprint density at radius 2 is 1.95 bits per heavy atom. The molecule has 0 amide bonds. The molecule has 0 radical (unpaired) electrons. The average Bonchev–Trinajstić information content (AvgIpc) is 2.35. The molecule has 0 unspecified atom stereocenters. The zero-order valence-electron chi connectivity index (χ0n) is 10.7. The van der Waals surface area contributed by atoms with Gasteiger partial charge in [-0.15, -0.1) is 0 Å². The highest BCUT2D eigenvalue weighted by Crippen LogP contribution is 2.25. The van der Waals surface area contributed by atoms with Crippen molar-refractivity contribution in [3.8, 4) is 0 Å². The van der Waals surface area contributed by atoms with E-state index in [2.05, 4.69) is 8.91 Å². The molecule has 1 aliphatic heterocycles. The maximum atomic E-state index is 11.6. The number of aliphatic hydroxyl groups excluding tert-OH is 3. The normalized spacial score (nSPS) is 39.5. The topological polar surface area (TPSA) is 146 Å². The highest BCUT2D eigenvalue weighted by Gasteiger charge is 2.49. The van der Waals surface area contributed by atoms with Gasteiger partial charge in [-0.2, -0.15) is 13.1 Å². The van der Waals surface area contributed by atoms with Crippen molar-refractivity contribution in [2.24, 2.45) is 0 Å². The second-order valence-corrected chi connectivity index (χ2v) is 6.50. The van der Waals surface area contributed by atoms with Crippen molar-refractivity contribution < 1.29 is 37.8 Å². The first-order chi connectivity index (χ1) is 9.23. The molecule has 2 aliphatic rings. The Balaban J connectivity index is 1.91. The Bertz CT molecular complexity index is 439. The third-order valence-electron chi connectivity index (χ3n) is 3.52. The molecule has 0 bridgehead atoms. The summed E-state index contributed by atoms with van der Waals surface area (Å²) in [4.78, 5) is 0. The summed E-state index contributed by atoms with van der Waals surface area (Å²) >= 11 is 0. The Morgan fingerprint density at radius 3 is 2.50 bits per heavy atom. The number of nitrogens with one attached hydrogen (secondary N) is 1. The molecular formula is C10H19NO8S. The summed E-state index contributed by atoms with van der Waals surface area (Å²) in [6.45, 7) is -1.34. The zero-order valence-corrected chi connectivity index (χ0v) is 11.5. The van der Waals surface area contributed by atoms with Crippen LogP contribution in [-0.2, 0) is 19.2 Å². The van der Waals surface area contributed by atoms with Crippen LogP contribution < -0.4 is 4.72 Å². The maximum absolute atomic E-state index is 11.6. The van der Waals surface area contributed by atoms with Gasteiger partial charge in [0.25, 0.3) is 0 Å². The van der Waals surface area contributed by atoms with Crippen LogP contribution in [0.15, 0.2) is 0 Å². The highest BCUT2D eigenvalue weighted by atomic mass is 32.2. The van der Waals surface area contributed by atoms with Gasteiger partial charge >= 0.3 is 10.3 Å². The Labute approximate surface area is 116 Å². The van der Waals surface area contributed by atoms with Gasteiger partial charge in [0.1, 0.15) is 24.9 Å². The number of hydrogen-bond acceptors (Lipinski definition) is 8. The predicted octanol–water partition coefficient (Wildman–Crippen LogP) is -2.81. The largest absolute Gasteiger partial charge is 0.388 e. The molecule has 10 heteroatoms. The van der Waals surface area contributed by atoms with Crippen molar-refractivity contribution in [3.05, 3.63) is 0 Å². The first kappa shape index (κ1) is 16.0. The van der Waals surface area contributed by atoms with E-state index in [1.807, 2.05) is 0 Å². The molecule has 0 aromatic heterocycles. The van der Waals surface area contributed by atoms with Gasteiger partial charge < -0.3 is 25.2 Å². The third kappa shape index (κ3) is 3.46. The lowest BCUT2D eigenvalue weighted by atomic mass is 9.94. The van der Waals surface area contributed by atoms with E-state index in [4.69, 9.17) is 4.74 Å². The van der Waals surface area contributed by atoms with Gasteiger partial charge in [0.05, 0.1) is 6.61 Å². The predicted molar refractivity (Wildman–Crippen MR) is 64.6 cm³/mol. The van der Waals surface area contributed by atoms with E-state index in [1.54, 1.807) is 0 Å². The molecule has 0 aromatic carbocycles. The Kier molecular flexibility index (Phi) is 4.66. The molecule has 0 aromatic rings. The van der Waals surface area contributed by atoms with Gasteiger partial charge in [0.15, 0.2) is 0 Å². The van der Waals surface area contributed by atoms with E-state index < -0.39 is 47.6 Å². The maximum Gasteiger partial charge on any atom is 0.336 e. The lowest BCUT2D eigenvalue weighted by molar-refractivity contribution is -0.328. The Morgan fingerprint density at radius 1 is 1.30 bits per heavy atom. The fourth-order valence-electron chi connectivity index (χ4n) is 1.94. The smallest absolute Gasteiger partial charge is 0.336 e. The molecule has 0 spiro atoms. The monoisotopic (exact) mass is 313 g/mol. The fraction of sp³-hybridized carbons (Fsp3) is 1.00. The van der Waals surface area contributed by atoms with Crippen LogP contribution in [-0.4, -0.2) is 72.2 Å². The van der Waals surface area contributed by atoms with Gasteiger partial charge in [0.2, 0.25) is 5.79 Å². The molecule has 1 saturated carbocycles. The standard InChI is InChI=1S/C10H19NO8S/c12-7-4-18-10(15,9(14)8(7)13)5-19-20(16,17)11-6-2-1-3-6/h6-9,11-15H,1-5H2/t7-,8-,9+,10-/m1/s1.